The number of H-pyrrole nitrogens is 1. The fourth-order valence-electron chi connectivity index (χ4n) is 2.79. The van der Waals surface area contributed by atoms with Crippen molar-refractivity contribution in [1.82, 2.24) is 19.9 Å². The first-order valence-corrected chi connectivity index (χ1v) is 7.86. The molecule has 0 aromatic carbocycles. The molecule has 3 heterocycles. The molecule has 0 fully saturated rings. The van der Waals surface area contributed by atoms with Crippen molar-refractivity contribution in [1.29, 1.82) is 0 Å². The molecular weight excluding hydrogens is 284 g/mol. The number of fused-ring (bicyclic) bond motifs is 1. The van der Waals surface area contributed by atoms with Gasteiger partial charge in [-0.05, 0) is 43.5 Å². The van der Waals surface area contributed by atoms with E-state index < -0.39 is 0 Å². The Morgan fingerprint density at radius 3 is 2.61 bits per heavy atom. The summed E-state index contributed by atoms with van der Waals surface area (Å²) in [4.78, 5) is 16.9. The van der Waals surface area contributed by atoms with Gasteiger partial charge < -0.3 is 4.98 Å². The summed E-state index contributed by atoms with van der Waals surface area (Å²) in [6.07, 6.45) is 9.21. The molecule has 0 saturated heterocycles. The highest BCUT2D eigenvalue weighted by Gasteiger charge is 2.08. The topological polar surface area (TPSA) is 54.5 Å². The summed E-state index contributed by atoms with van der Waals surface area (Å²) in [5, 5.41) is 2.16. The number of aromatic nitrogens is 4. The lowest BCUT2D eigenvalue weighted by molar-refractivity contribution is 0.795. The van der Waals surface area contributed by atoms with Gasteiger partial charge in [0.15, 0.2) is 0 Å². The average molecular weight is 302 g/mol. The number of rotatable bonds is 2. The zero-order chi connectivity index (χ0) is 15.8. The molecule has 3 aromatic heterocycles. The molecule has 1 N–H and O–H groups in total. The van der Waals surface area contributed by atoms with Crippen LogP contribution in [0.4, 0.5) is 0 Å². The van der Waals surface area contributed by atoms with E-state index in [0.717, 1.165) is 45.5 Å². The summed E-state index contributed by atoms with van der Waals surface area (Å²) in [7, 11) is 0. The molecule has 0 radical (unpaired) electrons. The highest BCUT2D eigenvalue weighted by atomic mass is 14.9. The molecule has 23 heavy (non-hydrogen) atoms. The summed E-state index contributed by atoms with van der Waals surface area (Å²) in [5.74, 6) is 1.43. The van der Waals surface area contributed by atoms with Crippen LogP contribution in [0.15, 0.2) is 36.7 Å². The maximum Gasteiger partial charge on any atom is 0.140 e. The van der Waals surface area contributed by atoms with Crippen LogP contribution < -0.4 is 10.7 Å². The van der Waals surface area contributed by atoms with Gasteiger partial charge in [0.25, 0.3) is 0 Å². The minimum Gasteiger partial charge on any atom is -0.338 e. The van der Waals surface area contributed by atoms with Crippen LogP contribution in [0.1, 0.15) is 19.0 Å². The van der Waals surface area contributed by atoms with Crippen LogP contribution in [0.25, 0.3) is 34.8 Å². The van der Waals surface area contributed by atoms with Crippen LogP contribution in [0.5, 0.6) is 0 Å². The summed E-state index contributed by atoms with van der Waals surface area (Å²) in [6, 6.07) is 8.11. The number of imidazole rings is 1. The Labute approximate surface area is 134 Å². The molecule has 0 saturated carbocycles. The molecule has 1 aliphatic carbocycles. The van der Waals surface area contributed by atoms with E-state index in [4.69, 9.17) is 0 Å². The lowest BCUT2D eigenvalue weighted by Crippen LogP contribution is -2.28. The Bertz CT molecular complexity index is 950. The minimum absolute atomic E-state index is 0.560. The third-order valence-corrected chi connectivity index (χ3v) is 4.14. The second-order valence-corrected chi connectivity index (χ2v) is 6.09. The van der Waals surface area contributed by atoms with Gasteiger partial charge in [0.1, 0.15) is 5.82 Å². The van der Waals surface area contributed by atoms with Crippen molar-refractivity contribution in [3.63, 3.8) is 0 Å². The molecule has 0 aliphatic heterocycles. The molecule has 4 nitrogen and oxygen atoms in total. The lowest BCUT2D eigenvalue weighted by atomic mass is 10.0. The van der Waals surface area contributed by atoms with Crippen molar-refractivity contribution in [3.8, 4) is 22.6 Å². The Hall–Kier alpha value is -2.75. The molecule has 0 bridgehead atoms. The van der Waals surface area contributed by atoms with Gasteiger partial charge in [0.05, 0.1) is 16.4 Å². The number of hydrogen-bond acceptors (Lipinski definition) is 3. The molecule has 1 aliphatic rings. The number of hydrogen-bond donors (Lipinski definition) is 1. The zero-order valence-electron chi connectivity index (χ0n) is 13.2. The van der Waals surface area contributed by atoms with Gasteiger partial charge in [-0.25, -0.2) is 4.98 Å². The van der Waals surface area contributed by atoms with E-state index in [1.807, 2.05) is 37.5 Å². The van der Waals surface area contributed by atoms with Crippen molar-refractivity contribution in [2.45, 2.75) is 20.3 Å². The van der Waals surface area contributed by atoms with Gasteiger partial charge in [-0.15, -0.1) is 0 Å². The van der Waals surface area contributed by atoms with Gasteiger partial charge in [0.2, 0.25) is 0 Å². The Morgan fingerprint density at radius 1 is 1.04 bits per heavy atom. The van der Waals surface area contributed by atoms with E-state index >= 15 is 0 Å². The maximum atomic E-state index is 4.67. The van der Waals surface area contributed by atoms with E-state index in [1.165, 1.54) is 0 Å². The summed E-state index contributed by atoms with van der Waals surface area (Å²) in [5.41, 5.74) is 3.95. The van der Waals surface area contributed by atoms with Gasteiger partial charge in [-0.3, -0.25) is 9.97 Å². The lowest BCUT2D eigenvalue weighted by Gasteiger charge is -2.02. The predicted octanol–water partition coefficient (Wildman–Crippen LogP) is 2.44. The van der Waals surface area contributed by atoms with Crippen molar-refractivity contribution >= 4 is 12.2 Å². The van der Waals surface area contributed by atoms with Gasteiger partial charge >= 0.3 is 0 Å². The molecular formula is C19H18N4. The first-order chi connectivity index (χ1) is 11.2. The molecule has 3 aromatic rings. The van der Waals surface area contributed by atoms with E-state index in [2.05, 4.69) is 45.1 Å². The average Bonchev–Trinajstić information content (AvgIpc) is 2.99. The van der Waals surface area contributed by atoms with Crippen LogP contribution in [-0.4, -0.2) is 19.9 Å². The first-order valence-electron chi connectivity index (χ1n) is 7.86. The molecule has 1 unspecified atom stereocenters. The van der Waals surface area contributed by atoms with Gasteiger partial charge in [-0.1, -0.05) is 19.1 Å². The third kappa shape index (κ3) is 2.68. The third-order valence-electron chi connectivity index (χ3n) is 4.14. The Balaban J connectivity index is 1.69. The van der Waals surface area contributed by atoms with Crippen LogP contribution in [-0.2, 0) is 0 Å². The van der Waals surface area contributed by atoms with Crippen molar-refractivity contribution in [2.75, 3.05) is 0 Å². The number of nitrogens with one attached hydrogen (secondary N) is 1. The van der Waals surface area contributed by atoms with Crippen LogP contribution in [0, 0.1) is 12.8 Å². The van der Waals surface area contributed by atoms with Gasteiger partial charge in [0, 0.05) is 29.2 Å². The molecule has 4 rings (SSSR count). The quantitative estimate of drug-likeness (QED) is 0.791. The minimum atomic E-state index is 0.560. The van der Waals surface area contributed by atoms with E-state index in [1.54, 1.807) is 0 Å². The standard InChI is InChI=1S/C19H18N4/c1-12-3-7-17-18(9-12)23-19(22-17)15-6-8-16(21-11-15)14-5-4-13(2)20-10-14/h4-12H,3H2,1-2H3,(H,22,23). The summed E-state index contributed by atoms with van der Waals surface area (Å²) in [6.45, 7) is 4.19. The summed E-state index contributed by atoms with van der Waals surface area (Å²) < 4.78 is 0. The molecule has 0 spiro atoms. The first kappa shape index (κ1) is 13.9. The molecule has 0 amide bonds. The SMILES string of the molecule is Cc1ccc(-c2ccc(-c3nc4c([nH]3)=CC(C)CC=4)cn2)cn1. The normalized spacial score (nSPS) is 16.3. The largest absolute Gasteiger partial charge is 0.338 e. The van der Waals surface area contributed by atoms with Crippen LogP contribution >= 0.6 is 0 Å². The summed E-state index contributed by atoms with van der Waals surface area (Å²) >= 11 is 0. The maximum absolute atomic E-state index is 4.67. The number of nitrogens with zero attached hydrogens (tertiary/aromatic N) is 3. The Morgan fingerprint density at radius 2 is 1.87 bits per heavy atom. The fourth-order valence-corrected chi connectivity index (χ4v) is 2.79. The molecule has 1 atom stereocenters. The number of pyridine rings is 2. The van der Waals surface area contributed by atoms with E-state index in [-0.39, 0.29) is 0 Å². The Kier molecular flexibility index (Phi) is 3.30. The number of aryl methyl sites for hydroxylation is 1. The van der Waals surface area contributed by atoms with E-state index in [0.29, 0.717) is 5.92 Å². The van der Waals surface area contributed by atoms with E-state index in [9.17, 15) is 0 Å². The zero-order valence-corrected chi connectivity index (χ0v) is 13.2. The monoisotopic (exact) mass is 302 g/mol. The van der Waals surface area contributed by atoms with Crippen molar-refractivity contribution in [3.05, 3.63) is 53.1 Å². The highest BCUT2D eigenvalue weighted by Crippen LogP contribution is 2.19. The second kappa shape index (κ2) is 5.47. The van der Waals surface area contributed by atoms with Crippen molar-refractivity contribution < 1.29 is 0 Å². The molecule has 4 heteroatoms. The fraction of sp³-hybridized carbons (Fsp3) is 0.211. The number of aromatic amines is 1. The van der Waals surface area contributed by atoms with Crippen molar-refractivity contribution in [2.24, 2.45) is 5.92 Å². The molecule has 114 valence electrons. The van der Waals surface area contributed by atoms with Crippen LogP contribution in [0.3, 0.4) is 0 Å². The second-order valence-electron chi connectivity index (χ2n) is 6.09. The highest BCUT2D eigenvalue weighted by molar-refractivity contribution is 5.62. The predicted molar refractivity (Wildman–Crippen MR) is 91.7 cm³/mol. The van der Waals surface area contributed by atoms with Crippen LogP contribution in [0.2, 0.25) is 0 Å². The smallest absolute Gasteiger partial charge is 0.140 e. The van der Waals surface area contributed by atoms with Gasteiger partial charge in [-0.2, -0.15) is 0 Å².